The fourth-order valence-electron chi connectivity index (χ4n) is 1.41. The molecule has 7 nitrogen and oxygen atoms in total. The van der Waals surface area contributed by atoms with Gasteiger partial charge in [-0.1, -0.05) is 12.1 Å². The molecule has 0 fully saturated rings. The maximum absolute atomic E-state index is 11.6. The third-order valence-corrected chi connectivity index (χ3v) is 2.33. The molecule has 0 bridgehead atoms. The Kier molecular flexibility index (Phi) is 5.29. The normalized spacial score (nSPS) is 10.3. The highest BCUT2D eigenvalue weighted by Crippen LogP contribution is 2.04. The predicted molar refractivity (Wildman–Crippen MR) is 61.9 cm³/mol. The van der Waals surface area contributed by atoms with Crippen molar-refractivity contribution in [2.75, 3.05) is 13.6 Å². The molecule has 1 aromatic rings. The van der Waals surface area contributed by atoms with E-state index >= 15 is 0 Å². The molecule has 0 radical (unpaired) electrons. The highest BCUT2D eigenvalue weighted by atomic mass is 16.5. The second-order valence-corrected chi connectivity index (χ2v) is 4.00. The first-order chi connectivity index (χ1) is 8.52. The molecule has 1 amide bonds. The number of hydrogen-bond donors (Lipinski definition) is 1. The van der Waals surface area contributed by atoms with E-state index in [9.17, 15) is 9.59 Å². The number of likely N-dealkylation sites (N-methyl/N-ethyl adjacent to an activating group) is 1. The van der Waals surface area contributed by atoms with Gasteiger partial charge in [-0.25, -0.2) is 0 Å². The summed E-state index contributed by atoms with van der Waals surface area (Å²) in [6.07, 6.45) is 2.17. The van der Waals surface area contributed by atoms with Gasteiger partial charge in [0, 0.05) is 26.3 Å². The second kappa shape index (κ2) is 6.73. The molecule has 0 saturated carbocycles. The van der Waals surface area contributed by atoms with E-state index in [2.05, 4.69) is 10.1 Å². The van der Waals surface area contributed by atoms with Crippen molar-refractivity contribution in [3.05, 3.63) is 11.7 Å². The van der Waals surface area contributed by atoms with E-state index in [4.69, 9.17) is 9.63 Å². The molecule has 7 heteroatoms. The fourth-order valence-corrected chi connectivity index (χ4v) is 1.41. The number of carboxylic acids is 1. The lowest BCUT2D eigenvalue weighted by Crippen LogP contribution is -2.32. The average molecular weight is 255 g/mol. The Balaban J connectivity index is 2.39. The molecule has 0 unspecified atom stereocenters. The number of carbonyl (C=O) groups is 2. The zero-order valence-electron chi connectivity index (χ0n) is 10.5. The fraction of sp³-hybridized carbons (Fsp3) is 0.636. The molecule has 0 aliphatic rings. The molecule has 18 heavy (non-hydrogen) atoms. The molecule has 0 saturated heterocycles. The van der Waals surface area contributed by atoms with Gasteiger partial charge in [-0.3, -0.25) is 9.59 Å². The number of aromatic nitrogens is 2. The van der Waals surface area contributed by atoms with Gasteiger partial charge in [0.2, 0.25) is 11.8 Å². The van der Waals surface area contributed by atoms with Gasteiger partial charge >= 0.3 is 5.97 Å². The number of aliphatic carboxylic acids is 1. The number of nitrogens with zero attached hydrogens (tertiary/aromatic N) is 3. The standard InChI is InChI=1S/C11H17N3O4/c1-3-4-8-12-9(18-13-8)5-6-10(15)14(2)7-11(16)17/h3-7H2,1-2H3,(H,16,17). The van der Waals surface area contributed by atoms with Crippen LogP contribution in [0.5, 0.6) is 0 Å². The molecule has 0 aliphatic carbocycles. The van der Waals surface area contributed by atoms with Crippen molar-refractivity contribution < 1.29 is 19.2 Å². The SMILES string of the molecule is CCCc1noc(CCC(=O)N(C)CC(=O)O)n1. The van der Waals surface area contributed by atoms with E-state index in [0.717, 1.165) is 17.7 Å². The highest BCUT2D eigenvalue weighted by Gasteiger charge is 2.14. The van der Waals surface area contributed by atoms with Gasteiger partial charge in [0.15, 0.2) is 5.82 Å². The summed E-state index contributed by atoms with van der Waals surface area (Å²) in [4.78, 5) is 27.3. The van der Waals surface area contributed by atoms with Crippen molar-refractivity contribution in [1.82, 2.24) is 15.0 Å². The van der Waals surface area contributed by atoms with E-state index < -0.39 is 5.97 Å². The topological polar surface area (TPSA) is 96.5 Å². The summed E-state index contributed by atoms with van der Waals surface area (Å²) in [5, 5.41) is 12.3. The van der Waals surface area contributed by atoms with Gasteiger partial charge in [-0.15, -0.1) is 0 Å². The van der Waals surface area contributed by atoms with Crippen molar-refractivity contribution in [1.29, 1.82) is 0 Å². The van der Waals surface area contributed by atoms with E-state index in [1.165, 1.54) is 7.05 Å². The van der Waals surface area contributed by atoms with Crippen LogP contribution in [0.1, 0.15) is 31.5 Å². The lowest BCUT2D eigenvalue weighted by Gasteiger charge is -2.13. The van der Waals surface area contributed by atoms with Gasteiger partial charge in [0.25, 0.3) is 0 Å². The molecule has 1 aromatic heterocycles. The van der Waals surface area contributed by atoms with E-state index in [1.54, 1.807) is 0 Å². The van der Waals surface area contributed by atoms with Crippen LogP contribution in [0, 0.1) is 0 Å². The molecule has 1 rings (SSSR count). The van der Waals surface area contributed by atoms with Crippen LogP contribution in [-0.2, 0) is 22.4 Å². The summed E-state index contributed by atoms with van der Waals surface area (Å²) >= 11 is 0. The lowest BCUT2D eigenvalue weighted by molar-refractivity contribution is -0.143. The quantitative estimate of drug-likeness (QED) is 0.762. The Morgan fingerprint density at radius 2 is 2.11 bits per heavy atom. The monoisotopic (exact) mass is 255 g/mol. The number of aryl methyl sites for hydroxylation is 2. The lowest BCUT2D eigenvalue weighted by atomic mass is 10.2. The number of hydrogen-bond acceptors (Lipinski definition) is 5. The van der Waals surface area contributed by atoms with E-state index in [0.29, 0.717) is 18.1 Å². The van der Waals surface area contributed by atoms with E-state index in [-0.39, 0.29) is 18.9 Å². The zero-order chi connectivity index (χ0) is 13.5. The van der Waals surface area contributed by atoms with E-state index in [1.807, 2.05) is 6.92 Å². The molecule has 0 aromatic carbocycles. The summed E-state index contributed by atoms with van der Waals surface area (Å²) in [6.45, 7) is 1.71. The van der Waals surface area contributed by atoms with Crippen LogP contribution in [0.4, 0.5) is 0 Å². The van der Waals surface area contributed by atoms with Crippen molar-refractivity contribution in [2.45, 2.75) is 32.6 Å². The molecule has 100 valence electrons. The number of carboxylic acid groups (broad SMARTS) is 1. The summed E-state index contributed by atoms with van der Waals surface area (Å²) in [7, 11) is 1.45. The first-order valence-corrected chi connectivity index (χ1v) is 5.80. The second-order valence-electron chi connectivity index (χ2n) is 4.00. The molecule has 0 aliphatic heterocycles. The maximum Gasteiger partial charge on any atom is 0.323 e. The van der Waals surface area contributed by atoms with Gasteiger partial charge in [-0.2, -0.15) is 4.98 Å². The molecule has 0 spiro atoms. The van der Waals surface area contributed by atoms with Gasteiger partial charge in [-0.05, 0) is 6.42 Å². The largest absolute Gasteiger partial charge is 0.480 e. The van der Waals surface area contributed by atoms with Crippen LogP contribution in [0.2, 0.25) is 0 Å². The minimum atomic E-state index is -1.03. The van der Waals surface area contributed by atoms with Crippen LogP contribution in [0.25, 0.3) is 0 Å². The van der Waals surface area contributed by atoms with Gasteiger partial charge in [0.1, 0.15) is 6.54 Å². The Morgan fingerprint density at radius 1 is 1.39 bits per heavy atom. The molecular formula is C11H17N3O4. The van der Waals surface area contributed by atoms with Crippen LogP contribution in [-0.4, -0.2) is 45.6 Å². The van der Waals surface area contributed by atoms with Gasteiger partial charge in [0.05, 0.1) is 0 Å². The minimum Gasteiger partial charge on any atom is -0.480 e. The summed E-state index contributed by atoms with van der Waals surface area (Å²) in [5.41, 5.74) is 0. The van der Waals surface area contributed by atoms with Crippen molar-refractivity contribution in [3.8, 4) is 0 Å². The summed E-state index contributed by atoms with van der Waals surface area (Å²) < 4.78 is 4.98. The zero-order valence-corrected chi connectivity index (χ0v) is 10.5. The summed E-state index contributed by atoms with van der Waals surface area (Å²) in [5.74, 6) is -0.240. The molecule has 0 atom stereocenters. The van der Waals surface area contributed by atoms with Crippen LogP contribution >= 0.6 is 0 Å². The van der Waals surface area contributed by atoms with Gasteiger partial charge < -0.3 is 14.5 Å². The highest BCUT2D eigenvalue weighted by molar-refractivity contribution is 5.81. The predicted octanol–water partition coefficient (Wildman–Crippen LogP) is 0.498. The van der Waals surface area contributed by atoms with Crippen molar-refractivity contribution in [3.63, 3.8) is 0 Å². The Bertz CT molecular complexity index is 416. The third-order valence-electron chi connectivity index (χ3n) is 2.33. The number of amides is 1. The Labute approximate surface area is 105 Å². The molecule has 1 N–H and O–H groups in total. The Morgan fingerprint density at radius 3 is 2.72 bits per heavy atom. The smallest absolute Gasteiger partial charge is 0.323 e. The van der Waals surface area contributed by atoms with Crippen molar-refractivity contribution in [2.24, 2.45) is 0 Å². The molecule has 1 heterocycles. The first-order valence-electron chi connectivity index (χ1n) is 5.80. The first kappa shape index (κ1) is 14.1. The number of carbonyl (C=O) groups excluding carboxylic acids is 1. The van der Waals surface area contributed by atoms with Crippen LogP contribution in [0.3, 0.4) is 0 Å². The minimum absolute atomic E-state index is 0.164. The third kappa shape index (κ3) is 4.52. The van der Waals surface area contributed by atoms with Crippen LogP contribution in [0.15, 0.2) is 4.52 Å². The molecular weight excluding hydrogens is 238 g/mol. The van der Waals surface area contributed by atoms with Crippen LogP contribution < -0.4 is 0 Å². The number of rotatable bonds is 7. The maximum atomic E-state index is 11.6. The summed E-state index contributed by atoms with van der Waals surface area (Å²) in [6, 6.07) is 0. The van der Waals surface area contributed by atoms with Crippen molar-refractivity contribution >= 4 is 11.9 Å². The average Bonchev–Trinajstić information content (AvgIpc) is 2.73. The Hall–Kier alpha value is -1.92.